The van der Waals surface area contributed by atoms with Crippen molar-refractivity contribution < 1.29 is 23.9 Å². The highest BCUT2D eigenvalue weighted by molar-refractivity contribution is 5.97. The van der Waals surface area contributed by atoms with Gasteiger partial charge >= 0.3 is 5.69 Å². The van der Waals surface area contributed by atoms with Crippen molar-refractivity contribution in [2.75, 3.05) is 24.6 Å². The molecule has 1 aromatic heterocycles. The molecule has 0 bridgehead atoms. The maximum Gasteiger partial charge on any atom is 0.355 e. The molecule has 12 nitrogen and oxygen atoms in total. The lowest BCUT2D eigenvalue weighted by Gasteiger charge is -2.12. The Bertz CT molecular complexity index is 1150. The van der Waals surface area contributed by atoms with E-state index < -0.39 is 16.5 Å². The summed E-state index contributed by atoms with van der Waals surface area (Å²) in [5.74, 6) is 0.590. The Morgan fingerprint density at radius 1 is 1.13 bits per heavy atom. The molecule has 3 aromatic rings. The van der Waals surface area contributed by atoms with E-state index in [4.69, 9.17) is 14.2 Å². The number of nitrogens with one attached hydrogen (secondary N) is 3. The summed E-state index contributed by atoms with van der Waals surface area (Å²) < 4.78 is 15.7. The number of carbonyl (C=O) groups is 1. The molecule has 0 aliphatic carbocycles. The van der Waals surface area contributed by atoms with Gasteiger partial charge in [-0.05, 0) is 24.3 Å². The molecule has 0 radical (unpaired) electrons. The summed E-state index contributed by atoms with van der Waals surface area (Å²) >= 11 is 0. The molecule has 0 spiro atoms. The summed E-state index contributed by atoms with van der Waals surface area (Å²) in [6, 6.07) is 11.5. The molecule has 0 saturated carbocycles. The van der Waals surface area contributed by atoms with Crippen LogP contribution in [0.3, 0.4) is 0 Å². The number of hydrazine groups is 1. The van der Waals surface area contributed by atoms with Gasteiger partial charge in [0.05, 0.1) is 17.6 Å². The third-order valence-corrected chi connectivity index (χ3v) is 4.29. The maximum atomic E-state index is 12.5. The SMILES string of the molecule is COc1ccccc1C(=O)NNc1ncnc(Nc2ccc3c(c2)OCO3)c1[N+](=O)[O-]. The molecule has 12 heteroatoms. The second kappa shape index (κ2) is 8.41. The summed E-state index contributed by atoms with van der Waals surface area (Å²) in [5.41, 5.74) is 5.14. The zero-order valence-corrected chi connectivity index (χ0v) is 16.1. The van der Waals surface area contributed by atoms with Crippen LogP contribution in [-0.4, -0.2) is 34.7 Å². The van der Waals surface area contributed by atoms with Crippen LogP contribution < -0.4 is 30.4 Å². The molecular weight excluding hydrogens is 408 g/mol. The zero-order valence-electron chi connectivity index (χ0n) is 16.1. The molecule has 0 atom stereocenters. The van der Waals surface area contributed by atoms with E-state index >= 15 is 0 Å². The van der Waals surface area contributed by atoms with Crippen molar-refractivity contribution >= 4 is 28.9 Å². The number of nitro groups is 1. The molecule has 1 aliphatic heterocycles. The highest BCUT2D eigenvalue weighted by Crippen LogP contribution is 2.37. The monoisotopic (exact) mass is 424 g/mol. The predicted octanol–water partition coefficient (Wildman–Crippen LogP) is 2.62. The van der Waals surface area contributed by atoms with E-state index in [0.29, 0.717) is 22.9 Å². The van der Waals surface area contributed by atoms with Crippen LogP contribution in [0.1, 0.15) is 10.4 Å². The Morgan fingerprint density at radius 3 is 2.71 bits per heavy atom. The van der Waals surface area contributed by atoms with Crippen LogP contribution in [0, 0.1) is 10.1 Å². The Kier molecular flexibility index (Phi) is 5.34. The standard InChI is InChI=1S/C19H16N6O6/c1-29-13-5-3-2-4-12(13)19(26)24-23-18-16(25(27)28)17(20-9-21-18)22-11-6-7-14-15(8-11)31-10-30-14/h2-9H,10H2,1H3,(H,24,26)(H2,20,21,22,23). The number of para-hydroxylation sites is 1. The van der Waals surface area contributed by atoms with Crippen LogP contribution in [0.2, 0.25) is 0 Å². The number of anilines is 3. The van der Waals surface area contributed by atoms with Crippen LogP contribution in [0.25, 0.3) is 0 Å². The molecule has 0 saturated heterocycles. The fourth-order valence-corrected chi connectivity index (χ4v) is 2.86. The highest BCUT2D eigenvalue weighted by Gasteiger charge is 2.25. The number of aromatic nitrogens is 2. The third kappa shape index (κ3) is 4.07. The number of ether oxygens (including phenoxy) is 3. The molecule has 0 unspecified atom stereocenters. The lowest BCUT2D eigenvalue weighted by Crippen LogP contribution is -2.30. The van der Waals surface area contributed by atoms with Gasteiger partial charge in [-0.15, -0.1) is 0 Å². The number of rotatable bonds is 7. The molecule has 1 aliphatic rings. The predicted molar refractivity (Wildman–Crippen MR) is 109 cm³/mol. The number of hydrogen-bond acceptors (Lipinski definition) is 10. The second-order valence-corrected chi connectivity index (χ2v) is 6.15. The molecule has 4 rings (SSSR count). The smallest absolute Gasteiger partial charge is 0.355 e. The molecule has 2 heterocycles. The molecule has 31 heavy (non-hydrogen) atoms. The number of benzene rings is 2. The average Bonchev–Trinajstić information content (AvgIpc) is 3.25. The van der Waals surface area contributed by atoms with Crippen molar-refractivity contribution in [1.82, 2.24) is 15.4 Å². The third-order valence-electron chi connectivity index (χ3n) is 4.29. The quantitative estimate of drug-likeness (QED) is 0.381. The van der Waals surface area contributed by atoms with E-state index in [1.165, 1.54) is 7.11 Å². The first-order valence-corrected chi connectivity index (χ1v) is 8.92. The van der Waals surface area contributed by atoms with Gasteiger partial charge in [0.15, 0.2) is 11.5 Å². The van der Waals surface area contributed by atoms with Crippen molar-refractivity contribution in [2.24, 2.45) is 0 Å². The van der Waals surface area contributed by atoms with Crippen LogP contribution in [-0.2, 0) is 0 Å². The van der Waals surface area contributed by atoms with Crippen molar-refractivity contribution in [2.45, 2.75) is 0 Å². The van der Waals surface area contributed by atoms with E-state index in [-0.39, 0.29) is 24.0 Å². The number of fused-ring (bicyclic) bond motifs is 1. The number of carbonyl (C=O) groups excluding carboxylic acids is 1. The van der Waals surface area contributed by atoms with Gasteiger partial charge in [-0.1, -0.05) is 12.1 Å². The van der Waals surface area contributed by atoms with Crippen LogP contribution in [0.4, 0.5) is 23.0 Å². The molecule has 1 amide bonds. The van der Waals surface area contributed by atoms with E-state index in [9.17, 15) is 14.9 Å². The van der Waals surface area contributed by atoms with Gasteiger partial charge in [-0.2, -0.15) is 0 Å². The van der Waals surface area contributed by atoms with Gasteiger partial charge in [0.2, 0.25) is 18.4 Å². The van der Waals surface area contributed by atoms with Crippen LogP contribution in [0.15, 0.2) is 48.8 Å². The summed E-state index contributed by atoms with van der Waals surface area (Å²) in [6.45, 7) is 0.104. The van der Waals surface area contributed by atoms with Gasteiger partial charge < -0.3 is 19.5 Å². The van der Waals surface area contributed by atoms with E-state index in [2.05, 4.69) is 26.1 Å². The minimum atomic E-state index is -0.660. The van der Waals surface area contributed by atoms with Crippen LogP contribution in [0.5, 0.6) is 17.2 Å². The van der Waals surface area contributed by atoms with E-state index in [0.717, 1.165) is 6.33 Å². The Morgan fingerprint density at radius 2 is 1.90 bits per heavy atom. The number of nitrogens with zero attached hydrogens (tertiary/aromatic N) is 3. The Hall–Kier alpha value is -4.61. The Labute approximate surface area is 175 Å². The molecule has 3 N–H and O–H groups in total. The summed E-state index contributed by atoms with van der Waals surface area (Å²) in [5, 5.41) is 14.6. The average molecular weight is 424 g/mol. The van der Waals surface area contributed by atoms with Gasteiger partial charge in [0.25, 0.3) is 5.91 Å². The first-order chi connectivity index (χ1) is 15.1. The van der Waals surface area contributed by atoms with Crippen molar-refractivity contribution in [3.8, 4) is 17.2 Å². The molecule has 0 fully saturated rings. The molecular formula is C19H16N6O6. The second-order valence-electron chi connectivity index (χ2n) is 6.15. The van der Waals surface area contributed by atoms with E-state index in [1.807, 2.05) is 0 Å². The topological polar surface area (TPSA) is 150 Å². The van der Waals surface area contributed by atoms with Gasteiger partial charge in [-0.25, -0.2) is 9.97 Å². The van der Waals surface area contributed by atoms with Crippen molar-refractivity contribution in [3.05, 3.63) is 64.5 Å². The fourth-order valence-electron chi connectivity index (χ4n) is 2.86. The summed E-state index contributed by atoms with van der Waals surface area (Å²) in [4.78, 5) is 31.3. The summed E-state index contributed by atoms with van der Waals surface area (Å²) in [7, 11) is 1.43. The maximum absolute atomic E-state index is 12.5. The first-order valence-electron chi connectivity index (χ1n) is 8.92. The number of amides is 1. The molecule has 2 aromatic carbocycles. The van der Waals surface area contributed by atoms with Gasteiger partial charge in [0.1, 0.15) is 12.1 Å². The largest absolute Gasteiger partial charge is 0.496 e. The minimum absolute atomic E-state index is 0.0760. The fraction of sp³-hybridized carbons (Fsp3) is 0.105. The number of hydrogen-bond donors (Lipinski definition) is 3. The number of methoxy groups -OCH3 is 1. The van der Waals surface area contributed by atoms with Crippen molar-refractivity contribution in [1.29, 1.82) is 0 Å². The lowest BCUT2D eigenvalue weighted by atomic mass is 10.2. The van der Waals surface area contributed by atoms with Gasteiger partial charge in [-0.3, -0.25) is 25.8 Å². The first kappa shape index (κ1) is 19.7. The minimum Gasteiger partial charge on any atom is -0.496 e. The van der Waals surface area contributed by atoms with Crippen molar-refractivity contribution in [3.63, 3.8) is 0 Å². The summed E-state index contributed by atoms with van der Waals surface area (Å²) in [6.07, 6.45) is 1.12. The van der Waals surface area contributed by atoms with E-state index in [1.54, 1.807) is 42.5 Å². The Balaban J connectivity index is 1.56. The van der Waals surface area contributed by atoms with Gasteiger partial charge in [0, 0.05) is 11.8 Å². The van der Waals surface area contributed by atoms with Crippen LogP contribution >= 0.6 is 0 Å². The zero-order chi connectivity index (χ0) is 21.8. The normalized spacial score (nSPS) is 11.5. The molecule has 158 valence electrons. The lowest BCUT2D eigenvalue weighted by molar-refractivity contribution is -0.383. The highest BCUT2D eigenvalue weighted by atomic mass is 16.7.